The minimum absolute atomic E-state index is 0.333. The minimum atomic E-state index is 0.333. The van der Waals surface area contributed by atoms with Crippen molar-refractivity contribution in [3.8, 4) is 0 Å². The van der Waals surface area contributed by atoms with Crippen LogP contribution >= 0.6 is 11.5 Å². The Kier molecular flexibility index (Phi) is 4.74. The van der Waals surface area contributed by atoms with E-state index in [0.29, 0.717) is 12.0 Å². The SMILES string of the molecule is CCc1ccc(C(CNc2nc(C3CC3)ns2)N(C)C)cc1. The number of aryl methyl sites for hydroxylation is 1. The topological polar surface area (TPSA) is 41.1 Å². The molecule has 1 aromatic carbocycles. The van der Waals surface area contributed by atoms with E-state index < -0.39 is 0 Å². The van der Waals surface area contributed by atoms with Gasteiger partial charge in [-0.3, -0.25) is 0 Å². The zero-order valence-electron chi connectivity index (χ0n) is 13.5. The lowest BCUT2D eigenvalue weighted by molar-refractivity contribution is 0.312. The van der Waals surface area contributed by atoms with Gasteiger partial charge in [0.2, 0.25) is 5.13 Å². The maximum Gasteiger partial charge on any atom is 0.202 e. The Morgan fingerprint density at radius 2 is 2.00 bits per heavy atom. The monoisotopic (exact) mass is 316 g/mol. The van der Waals surface area contributed by atoms with E-state index in [2.05, 4.69) is 64.9 Å². The van der Waals surface area contributed by atoms with Gasteiger partial charge in [0.05, 0.1) is 6.04 Å². The van der Waals surface area contributed by atoms with Gasteiger partial charge in [-0.15, -0.1) is 0 Å². The molecule has 5 heteroatoms. The smallest absolute Gasteiger partial charge is 0.202 e. The molecule has 0 aliphatic heterocycles. The molecule has 1 aliphatic rings. The summed E-state index contributed by atoms with van der Waals surface area (Å²) in [5, 5.41) is 4.40. The molecule has 1 N–H and O–H groups in total. The molecule has 1 fully saturated rings. The summed E-state index contributed by atoms with van der Waals surface area (Å²) in [6.07, 6.45) is 3.58. The standard InChI is InChI=1S/C17H24N4S/c1-4-12-5-7-13(8-6-12)15(21(2)3)11-18-17-19-16(20-22-17)14-9-10-14/h5-8,14-15H,4,9-11H2,1-3H3,(H,18,19,20). The summed E-state index contributed by atoms with van der Waals surface area (Å²) in [6, 6.07) is 9.25. The van der Waals surface area contributed by atoms with Gasteiger partial charge in [0.1, 0.15) is 5.82 Å². The summed E-state index contributed by atoms with van der Waals surface area (Å²) in [4.78, 5) is 6.85. The average Bonchev–Trinajstić information content (AvgIpc) is 3.27. The zero-order chi connectivity index (χ0) is 15.5. The van der Waals surface area contributed by atoms with Crippen molar-refractivity contribution in [2.24, 2.45) is 0 Å². The highest BCUT2D eigenvalue weighted by Gasteiger charge is 2.27. The van der Waals surface area contributed by atoms with Crippen molar-refractivity contribution in [2.75, 3.05) is 26.0 Å². The lowest BCUT2D eigenvalue weighted by atomic mass is 10.0. The average molecular weight is 316 g/mol. The summed E-state index contributed by atoms with van der Waals surface area (Å²) in [5.41, 5.74) is 2.72. The molecule has 2 aromatic rings. The van der Waals surface area contributed by atoms with E-state index in [1.54, 1.807) is 0 Å². The molecule has 22 heavy (non-hydrogen) atoms. The van der Waals surface area contributed by atoms with E-state index >= 15 is 0 Å². The van der Waals surface area contributed by atoms with Crippen molar-refractivity contribution in [1.29, 1.82) is 0 Å². The molecular formula is C17H24N4S. The second kappa shape index (κ2) is 6.75. The van der Waals surface area contributed by atoms with E-state index in [9.17, 15) is 0 Å². The molecule has 0 amide bonds. The molecule has 1 aromatic heterocycles. The third kappa shape index (κ3) is 3.65. The number of nitrogens with one attached hydrogen (secondary N) is 1. The van der Waals surface area contributed by atoms with Crippen molar-refractivity contribution in [1.82, 2.24) is 14.3 Å². The van der Waals surface area contributed by atoms with E-state index in [-0.39, 0.29) is 0 Å². The van der Waals surface area contributed by atoms with Gasteiger partial charge in [0.15, 0.2) is 0 Å². The third-order valence-electron chi connectivity index (χ3n) is 4.23. The summed E-state index contributed by atoms with van der Waals surface area (Å²) in [6.45, 7) is 3.03. The number of nitrogens with zero attached hydrogens (tertiary/aromatic N) is 3. The first-order valence-electron chi connectivity index (χ1n) is 8.00. The van der Waals surface area contributed by atoms with Crippen LogP contribution in [0.2, 0.25) is 0 Å². The fraction of sp³-hybridized carbons (Fsp3) is 0.529. The third-order valence-corrected chi connectivity index (χ3v) is 4.91. The van der Waals surface area contributed by atoms with Gasteiger partial charge in [-0.2, -0.15) is 4.37 Å². The fourth-order valence-corrected chi connectivity index (χ4v) is 3.22. The van der Waals surface area contributed by atoms with Crippen molar-refractivity contribution in [3.05, 3.63) is 41.2 Å². The Bertz CT molecular complexity index is 601. The highest BCUT2D eigenvalue weighted by atomic mass is 32.1. The highest BCUT2D eigenvalue weighted by molar-refractivity contribution is 7.09. The Morgan fingerprint density at radius 1 is 1.27 bits per heavy atom. The molecule has 0 spiro atoms. The molecular weight excluding hydrogens is 292 g/mol. The normalized spacial score (nSPS) is 16.0. The zero-order valence-corrected chi connectivity index (χ0v) is 14.4. The first-order valence-corrected chi connectivity index (χ1v) is 8.77. The van der Waals surface area contributed by atoms with Crippen molar-refractivity contribution in [2.45, 2.75) is 38.1 Å². The van der Waals surface area contributed by atoms with Crippen LogP contribution in [0.15, 0.2) is 24.3 Å². The fourth-order valence-electron chi connectivity index (χ4n) is 2.57. The van der Waals surface area contributed by atoms with Crippen LogP contribution in [0.3, 0.4) is 0 Å². The van der Waals surface area contributed by atoms with Gasteiger partial charge in [0.25, 0.3) is 0 Å². The van der Waals surface area contributed by atoms with Crippen LogP contribution in [-0.2, 0) is 6.42 Å². The van der Waals surface area contributed by atoms with Crippen LogP contribution < -0.4 is 5.32 Å². The second-order valence-electron chi connectivity index (χ2n) is 6.19. The highest BCUT2D eigenvalue weighted by Crippen LogP contribution is 2.39. The number of hydrogen-bond donors (Lipinski definition) is 1. The first kappa shape index (κ1) is 15.4. The molecule has 0 radical (unpaired) electrons. The number of benzene rings is 1. The molecule has 0 bridgehead atoms. The Labute approximate surface area is 136 Å². The van der Waals surface area contributed by atoms with Crippen LogP contribution in [0.1, 0.15) is 48.7 Å². The van der Waals surface area contributed by atoms with Gasteiger partial charge in [-0.25, -0.2) is 4.98 Å². The Balaban J connectivity index is 1.65. The Morgan fingerprint density at radius 3 is 2.59 bits per heavy atom. The van der Waals surface area contributed by atoms with Crippen LogP contribution in [0.5, 0.6) is 0 Å². The predicted molar refractivity (Wildman–Crippen MR) is 92.6 cm³/mol. The first-order chi connectivity index (χ1) is 10.7. The number of hydrogen-bond acceptors (Lipinski definition) is 5. The van der Waals surface area contributed by atoms with Gasteiger partial charge in [-0.1, -0.05) is 31.2 Å². The minimum Gasteiger partial charge on any atom is -0.358 e. The molecule has 1 aliphatic carbocycles. The van der Waals surface area contributed by atoms with E-state index in [0.717, 1.165) is 23.9 Å². The largest absolute Gasteiger partial charge is 0.358 e. The van der Waals surface area contributed by atoms with Gasteiger partial charge in [0, 0.05) is 24.0 Å². The lowest BCUT2D eigenvalue weighted by Crippen LogP contribution is -2.26. The number of likely N-dealkylation sites (N-methyl/N-ethyl adjacent to an activating group) is 1. The quantitative estimate of drug-likeness (QED) is 0.846. The van der Waals surface area contributed by atoms with E-state index in [4.69, 9.17) is 0 Å². The van der Waals surface area contributed by atoms with Crippen LogP contribution in [0.4, 0.5) is 5.13 Å². The van der Waals surface area contributed by atoms with Gasteiger partial charge < -0.3 is 10.2 Å². The summed E-state index contributed by atoms with van der Waals surface area (Å²) in [5.74, 6) is 1.65. The maximum atomic E-state index is 4.60. The molecule has 3 rings (SSSR count). The van der Waals surface area contributed by atoms with Crippen LogP contribution in [-0.4, -0.2) is 34.9 Å². The van der Waals surface area contributed by atoms with Gasteiger partial charge >= 0.3 is 0 Å². The van der Waals surface area contributed by atoms with Crippen LogP contribution in [0, 0.1) is 0 Å². The van der Waals surface area contributed by atoms with Crippen molar-refractivity contribution in [3.63, 3.8) is 0 Å². The number of aromatic nitrogens is 2. The van der Waals surface area contributed by atoms with E-state index in [1.165, 1.54) is 35.5 Å². The van der Waals surface area contributed by atoms with Crippen LogP contribution in [0.25, 0.3) is 0 Å². The van der Waals surface area contributed by atoms with E-state index in [1.807, 2.05) is 0 Å². The van der Waals surface area contributed by atoms with Crippen molar-refractivity contribution < 1.29 is 0 Å². The lowest BCUT2D eigenvalue weighted by Gasteiger charge is -2.25. The molecule has 1 unspecified atom stereocenters. The summed E-state index contributed by atoms with van der Waals surface area (Å²) >= 11 is 1.48. The molecule has 1 saturated carbocycles. The Hall–Kier alpha value is -1.46. The van der Waals surface area contributed by atoms with Crippen molar-refractivity contribution >= 4 is 16.7 Å². The molecule has 1 heterocycles. The maximum absolute atomic E-state index is 4.60. The number of rotatable bonds is 7. The summed E-state index contributed by atoms with van der Waals surface area (Å²) in [7, 11) is 4.24. The van der Waals surface area contributed by atoms with Gasteiger partial charge in [-0.05, 0) is 44.5 Å². The molecule has 118 valence electrons. The number of anilines is 1. The molecule has 0 saturated heterocycles. The molecule has 1 atom stereocenters. The second-order valence-corrected chi connectivity index (χ2v) is 6.94. The summed E-state index contributed by atoms with van der Waals surface area (Å²) < 4.78 is 4.45. The predicted octanol–water partition coefficient (Wildman–Crippen LogP) is 3.69. The molecule has 4 nitrogen and oxygen atoms in total.